The number of para-hydroxylation sites is 1. The summed E-state index contributed by atoms with van der Waals surface area (Å²) in [5.74, 6) is -0.282. The van der Waals surface area contributed by atoms with Gasteiger partial charge in [-0.15, -0.1) is 0 Å². The van der Waals surface area contributed by atoms with E-state index in [1.54, 1.807) is 29.2 Å². The molecule has 0 unspecified atom stereocenters. The second kappa shape index (κ2) is 6.54. The number of nitrogens with one attached hydrogen (secondary N) is 2. The molecule has 1 aliphatic rings. The van der Waals surface area contributed by atoms with Gasteiger partial charge in [0.1, 0.15) is 0 Å². The molecule has 0 saturated carbocycles. The molecule has 1 aliphatic heterocycles. The number of hydrogen-bond acceptors (Lipinski definition) is 3. The zero-order chi connectivity index (χ0) is 13.7. The Morgan fingerprint density at radius 2 is 2.21 bits per heavy atom. The van der Waals surface area contributed by atoms with Crippen LogP contribution in [-0.4, -0.2) is 42.9 Å². The summed E-state index contributed by atoms with van der Waals surface area (Å²) in [6.45, 7) is 1.75. The van der Waals surface area contributed by atoms with E-state index in [1.165, 1.54) is 0 Å². The van der Waals surface area contributed by atoms with E-state index >= 15 is 0 Å². The zero-order valence-corrected chi connectivity index (χ0v) is 11.2. The van der Waals surface area contributed by atoms with Crippen LogP contribution in [0, 0.1) is 0 Å². The first-order valence-electron chi connectivity index (χ1n) is 6.19. The number of anilines is 1. The first-order valence-corrected chi connectivity index (χ1v) is 6.57. The van der Waals surface area contributed by atoms with Crippen LogP contribution in [0.3, 0.4) is 0 Å². The summed E-state index contributed by atoms with van der Waals surface area (Å²) in [5, 5.41) is 6.21. The van der Waals surface area contributed by atoms with Crippen molar-refractivity contribution in [3.8, 4) is 0 Å². The van der Waals surface area contributed by atoms with Gasteiger partial charge in [-0.25, -0.2) is 0 Å². The summed E-state index contributed by atoms with van der Waals surface area (Å²) >= 11 is 5.96. The summed E-state index contributed by atoms with van der Waals surface area (Å²) in [5.41, 5.74) is 0.564. The zero-order valence-electron chi connectivity index (χ0n) is 10.5. The molecule has 0 radical (unpaired) electrons. The number of rotatable bonds is 3. The molecule has 5 nitrogen and oxygen atoms in total. The third-order valence-electron chi connectivity index (χ3n) is 2.89. The Morgan fingerprint density at radius 1 is 1.42 bits per heavy atom. The molecule has 0 spiro atoms. The van der Waals surface area contributed by atoms with Gasteiger partial charge in [0.25, 0.3) is 0 Å². The molecule has 19 heavy (non-hydrogen) atoms. The van der Waals surface area contributed by atoms with Gasteiger partial charge in [-0.3, -0.25) is 9.59 Å². The molecule has 102 valence electrons. The maximum absolute atomic E-state index is 11.9. The van der Waals surface area contributed by atoms with Gasteiger partial charge in [-0.1, -0.05) is 23.7 Å². The van der Waals surface area contributed by atoms with Gasteiger partial charge < -0.3 is 15.5 Å². The molecule has 0 atom stereocenters. The largest absolute Gasteiger partial charge is 0.332 e. The van der Waals surface area contributed by atoms with Gasteiger partial charge >= 0.3 is 0 Å². The van der Waals surface area contributed by atoms with Gasteiger partial charge in [0.15, 0.2) is 0 Å². The van der Waals surface area contributed by atoms with E-state index in [4.69, 9.17) is 11.6 Å². The normalized spacial score (nSPS) is 16.1. The molecule has 1 heterocycles. The van der Waals surface area contributed by atoms with Crippen LogP contribution < -0.4 is 10.6 Å². The van der Waals surface area contributed by atoms with Crippen molar-refractivity contribution in [3.05, 3.63) is 29.3 Å². The number of amides is 2. The molecule has 0 aliphatic carbocycles. The SMILES string of the molecule is O=C(CN1CCCNCC1=O)Nc1ccccc1Cl. The van der Waals surface area contributed by atoms with Crippen LogP contribution in [0.25, 0.3) is 0 Å². The topological polar surface area (TPSA) is 61.4 Å². The second-order valence-electron chi connectivity index (χ2n) is 4.37. The van der Waals surface area contributed by atoms with Crippen LogP contribution in [0.1, 0.15) is 6.42 Å². The molecule has 1 saturated heterocycles. The van der Waals surface area contributed by atoms with Gasteiger partial charge in [0.05, 0.1) is 23.8 Å². The van der Waals surface area contributed by atoms with E-state index < -0.39 is 0 Å². The third-order valence-corrected chi connectivity index (χ3v) is 3.22. The van der Waals surface area contributed by atoms with Crippen LogP contribution >= 0.6 is 11.6 Å². The monoisotopic (exact) mass is 281 g/mol. The molecule has 0 bridgehead atoms. The third kappa shape index (κ3) is 3.94. The predicted octanol–water partition coefficient (Wildman–Crippen LogP) is 1.10. The van der Waals surface area contributed by atoms with E-state index in [9.17, 15) is 9.59 Å². The molecule has 2 N–H and O–H groups in total. The van der Waals surface area contributed by atoms with Crippen molar-refractivity contribution in [2.45, 2.75) is 6.42 Å². The minimum Gasteiger partial charge on any atom is -0.332 e. The van der Waals surface area contributed by atoms with Crippen LogP contribution in [0.5, 0.6) is 0 Å². The lowest BCUT2D eigenvalue weighted by Gasteiger charge is -2.19. The van der Waals surface area contributed by atoms with Crippen molar-refractivity contribution in [1.29, 1.82) is 0 Å². The molecule has 1 aromatic carbocycles. The number of hydrogen-bond donors (Lipinski definition) is 2. The van der Waals surface area contributed by atoms with Crippen molar-refractivity contribution in [2.24, 2.45) is 0 Å². The highest BCUT2D eigenvalue weighted by atomic mass is 35.5. The Morgan fingerprint density at radius 3 is 3.00 bits per heavy atom. The minimum atomic E-state index is -0.233. The smallest absolute Gasteiger partial charge is 0.244 e. The average Bonchev–Trinajstić information content (AvgIpc) is 2.58. The van der Waals surface area contributed by atoms with Gasteiger partial charge in [-0.2, -0.15) is 0 Å². The van der Waals surface area contributed by atoms with E-state index in [0.29, 0.717) is 23.8 Å². The fourth-order valence-electron chi connectivity index (χ4n) is 1.92. The van der Waals surface area contributed by atoms with Crippen molar-refractivity contribution in [1.82, 2.24) is 10.2 Å². The Labute approximate surface area is 116 Å². The summed E-state index contributed by atoms with van der Waals surface area (Å²) < 4.78 is 0. The van der Waals surface area contributed by atoms with Gasteiger partial charge in [0, 0.05) is 6.54 Å². The predicted molar refractivity (Wildman–Crippen MR) is 74.1 cm³/mol. The van der Waals surface area contributed by atoms with Crippen LogP contribution in [0.2, 0.25) is 5.02 Å². The molecule has 2 rings (SSSR count). The standard InChI is InChI=1S/C13H16ClN3O2/c14-10-4-1-2-5-11(10)16-12(18)9-17-7-3-6-15-8-13(17)19/h1-2,4-5,15H,3,6-9H2,(H,16,18). The summed E-state index contributed by atoms with van der Waals surface area (Å²) in [4.78, 5) is 25.2. The van der Waals surface area contributed by atoms with E-state index in [-0.39, 0.29) is 18.4 Å². The number of halogens is 1. The van der Waals surface area contributed by atoms with Crippen molar-refractivity contribution >= 4 is 29.1 Å². The number of carbonyl (C=O) groups excluding carboxylic acids is 2. The Balaban J connectivity index is 1.93. The Kier molecular flexibility index (Phi) is 4.76. The second-order valence-corrected chi connectivity index (χ2v) is 4.78. The van der Waals surface area contributed by atoms with Crippen molar-refractivity contribution in [2.75, 3.05) is 31.5 Å². The molecule has 6 heteroatoms. The number of nitrogens with zero attached hydrogens (tertiary/aromatic N) is 1. The van der Waals surface area contributed by atoms with Gasteiger partial charge in [0.2, 0.25) is 11.8 Å². The van der Waals surface area contributed by atoms with E-state index in [0.717, 1.165) is 13.0 Å². The highest BCUT2D eigenvalue weighted by Crippen LogP contribution is 2.20. The van der Waals surface area contributed by atoms with Crippen molar-refractivity contribution in [3.63, 3.8) is 0 Å². The number of benzene rings is 1. The lowest BCUT2D eigenvalue weighted by molar-refractivity contribution is -0.133. The quantitative estimate of drug-likeness (QED) is 0.872. The summed E-state index contributed by atoms with van der Waals surface area (Å²) in [7, 11) is 0. The maximum atomic E-state index is 11.9. The van der Waals surface area contributed by atoms with Crippen LogP contribution in [0.4, 0.5) is 5.69 Å². The maximum Gasteiger partial charge on any atom is 0.244 e. The molecular formula is C13H16ClN3O2. The van der Waals surface area contributed by atoms with Gasteiger partial charge in [-0.05, 0) is 25.1 Å². The highest BCUT2D eigenvalue weighted by molar-refractivity contribution is 6.33. The molecule has 1 fully saturated rings. The average molecular weight is 282 g/mol. The Hall–Kier alpha value is -1.59. The molecule has 0 aromatic heterocycles. The van der Waals surface area contributed by atoms with Crippen LogP contribution in [0.15, 0.2) is 24.3 Å². The minimum absolute atomic E-state index is 0.0493. The van der Waals surface area contributed by atoms with E-state index in [2.05, 4.69) is 10.6 Å². The highest BCUT2D eigenvalue weighted by Gasteiger charge is 2.19. The molecule has 2 amide bonds. The fraction of sp³-hybridized carbons (Fsp3) is 0.385. The summed E-state index contributed by atoms with van der Waals surface area (Å²) in [6, 6.07) is 7.02. The number of carbonyl (C=O) groups is 2. The lowest BCUT2D eigenvalue weighted by Crippen LogP contribution is -2.40. The van der Waals surface area contributed by atoms with E-state index in [1.807, 2.05) is 0 Å². The summed E-state index contributed by atoms with van der Waals surface area (Å²) in [6.07, 6.45) is 0.852. The first-order chi connectivity index (χ1) is 9.16. The first kappa shape index (κ1) is 13.8. The van der Waals surface area contributed by atoms with Crippen molar-refractivity contribution < 1.29 is 9.59 Å². The lowest BCUT2D eigenvalue weighted by atomic mass is 10.3. The fourth-order valence-corrected chi connectivity index (χ4v) is 2.10. The molecule has 1 aromatic rings. The van der Waals surface area contributed by atoms with Crippen LogP contribution in [-0.2, 0) is 9.59 Å². The Bertz CT molecular complexity index is 479. The molecular weight excluding hydrogens is 266 g/mol.